The molecule has 2 aromatic heterocycles. The molecular weight excluding hydrogens is 419 g/mol. The summed E-state index contributed by atoms with van der Waals surface area (Å²) in [7, 11) is 0. The minimum Gasteiger partial charge on any atom is -0.483 e. The first-order chi connectivity index (χ1) is 15.9. The van der Waals surface area contributed by atoms with Gasteiger partial charge in [0.1, 0.15) is 28.7 Å². The van der Waals surface area contributed by atoms with E-state index in [9.17, 15) is 9.18 Å². The number of nitrogens with zero attached hydrogens (tertiary/aromatic N) is 2. The van der Waals surface area contributed by atoms with E-state index in [0.717, 1.165) is 40.8 Å². The highest BCUT2D eigenvalue weighted by Crippen LogP contribution is 2.40. The van der Waals surface area contributed by atoms with E-state index in [1.165, 1.54) is 12.3 Å². The van der Waals surface area contributed by atoms with Crippen LogP contribution in [0.1, 0.15) is 30.0 Å². The van der Waals surface area contributed by atoms with Crippen LogP contribution < -0.4 is 15.8 Å². The highest BCUT2D eigenvalue weighted by Gasteiger charge is 2.22. The molecule has 0 unspecified atom stereocenters. The van der Waals surface area contributed by atoms with Crippen molar-refractivity contribution in [1.29, 1.82) is 0 Å². The molecular formula is C26H27FN4O2. The molecule has 0 saturated heterocycles. The molecule has 0 aliphatic heterocycles. The van der Waals surface area contributed by atoms with Crippen LogP contribution >= 0.6 is 0 Å². The van der Waals surface area contributed by atoms with E-state index < -0.39 is 5.91 Å². The predicted octanol–water partition coefficient (Wildman–Crippen LogP) is 5.32. The maximum Gasteiger partial charge on any atom is 0.255 e. The van der Waals surface area contributed by atoms with Gasteiger partial charge in [-0.3, -0.25) is 9.20 Å². The summed E-state index contributed by atoms with van der Waals surface area (Å²) in [6.07, 6.45) is 3.11. The predicted molar refractivity (Wildman–Crippen MR) is 128 cm³/mol. The first kappa shape index (κ1) is 22.3. The van der Waals surface area contributed by atoms with Gasteiger partial charge in [0.05, 0.1) is 0 Å². The highest BCUT2D eigenvalue weighted by molar-refractivity contribution is 5.86. The number of nitrogens with two attached hydrogens (primary N) is 1. The van der Waals surface area contributed by atoms with Gasteiger partial charge in [0.25, 0.3) is 5.91 Å². The van der Waals surface area contributed by atoms with Gasteiger partial charge in [-0.05, 0) is 55.2 Å². The number of nitrogens with one attached hydrogen (secondary N) is 1. The van der Waals surface area contributed by atoms with Gasteiger partial charge in [0.15, 0.2) is 6.61 Å². The minimum atomic E-state index is -0.562. The first-order valence-corrected chi connectivity index (χ1v) is 10.9. The molecule has 2 heterocycles. The summed E-state index contributed by atoms with van der Waals surface area (Å²) in [5.74, 6) is 0.193. The summed E-state index contributed by atoms with van der Waals surface area (Å²) in [4.78, 5) is 16.3. The summed E-state index contributed by atoms with van der Waals surface area (Å²) in [6.45, 7) is 5.89. The largest absolute Gasteiger partial charge is 0.483 e. The zero-order valence-corrected chi connectivity index (χ0v) is 19.0. The van der Waals surface area contributed by atoms with Crippen LogP contribution in [0.15, 0.2) is 54.7 Å². The lowest BCUT2D eigenvalue weighted by molar-refractivity contribution is -0.119. The Kier molecular flexibility index (Phi) is 6.31. The van der Waals surface area contributed by atoms with Crippen LogP contribution in [0.25, 0.3) is 16.9 Å². The number of halogens is 1. The topological polar surface area (TPSA) is 81.7 Å². The van der Waals surface area contributed by atoms with Gasteiger partial charge >= 0.3 is 0 Å². The van der Waals surface area contributed by atoms with Gasteiger partial charge in [-0.2, -0.15) is 0 Å². The maximum absolute atomic E-state index is 14.3. The van der Waals surface area contributed by atoms with E-state index >= 15 is 0 Å². The number of ether oxygens (including phenoxy) is 1. The molecule has 170 valence electrons. The van der Waals surface area contributed by atoms with Crippen LogP contribution in [0.3, 0.4) is 0 Å². The summed E-state index contributed by atoms with van der Waals surface area (Å²) in [5.41, 5.74) is 11.4. The molecule has 0 bridgehead atoms. The lowest BCUT2D eigenvalue weighted by Crippen LogP contribution is -2.20. The standard InChI is InChI=1S/C26H27FN4O2/c1-4-7-18-10-6-11-20(33-15-21(28)32)23(18)25-26(30-24-16(2)8-5-9-17(24)3)31-14-19(27)12-13-22(31)29-25/h5-6,8-14,30H,4,7,15H2,1-3H3,(H2,28,32). The quantitative estimate of drug-likeness (QED) is 0.384. The molecule has 0 spiro atoms. The van der Waals surface area contributed by atoms with Gasteiger partial charge in [-0.1, -0.05) is 43.7 Å². The number of imidazole rings is 1. The van der Waals surface area contributed by atoms with Gasteiger partial charge < -0.3 is 15.8 Å². The second-order valence-electron chi connectivity index (χ2n) is 8.07. The van der Waals surface area contributed by atoms with Gasteiger partial charge in [-0.15, -0.1) is 0 Å². The fraction of sp³-hybridized carbons (Fsp3) is 0.231. The van der Waals surface area contributed by atoms with Crippen LogP contribution in [0.2, 0.25) is 0 Å². The smallest absolute Gasteiger partial charge is 0.255 e. The minimum absolute atomic E-state index is 0.246. The van der Waals surface area contributed by atoms with Crippen LogP contribution in [-0.2, 0) is 11.2 Å². The lowest BCUT2D eigenvalue weighted by Gasteiger charge is -2.17. The number of rotatable bonds is 8. The average molecular weight is 447 g/mol. The Hall–Kier alpha value is -3.87. The number of carbonyl (C=O) groups is 1. The first-order valence-electron chi connectivity index (χ1n) is 10.9. The number of benzene rings is 2. The number of amides is 1. The third kappa shape index (κ3) is 4.53. The third-order valence-corrected chi connectivity index (χ3v) is 5.55. The number of primary amides is 1. The molecule has 0 fully saturated rings. The van der Waals surface area contributed by atoms with Crippen LogP contribution in [0.5, 0.6) is 5.75 Å². The van der Waals surface area contributed by atoms with Crippen LogP contribution in [0.4, 0.5) is 15.9 Å². The van der Waals surface area contributed by atoms with Crippen LogP contribution in [0, 0.1) is 19.7 Å². The molecule has 0 aliphatic carbocycles. The zero-order chi connectivity index (χ0) is 23.5. The Morgan fingerprint density at radius 3 is 2.55 bits per heavy atom. The Morgan fingerprint density at radius 2 is 1.85 bits per heavy atom. The normalized spacial score (nSPS) is 11.0. The number of aryl methyl sites for hydroxylation is 3. The van der Waals surface area contributed by atoms with Crippen molar-refractivity contribution in [3.63, 3.8) is 0 Å². The molecule has 0 aliphatic rings. The Balaban J connectivity index is 1.98. The van der Waals surface area contributed by atoms with Crippen molar-refractivity contribution in [2.24, 2.45) is 5.73 Å². The Morgan fingerprint density at radius 1 is 1.12 bits per heavy atom. The van der Waals surface area contributed by atoms with E-state index in [2.05, 4.69) is 12.2 Å². The van der Waals surface area contributed by atoms with E-state index in [1.807, 2.05) is 44.2 Å². The number of carbonyl (C=O) groups excluding carboxylic acids is 1. The van der Waals surface area contributed by atoms with Gasteiger partial charge in [0.2, 0.25) is 0 Å². The van der Waals surface area contributed by atoms with Crippen molar-refractivity contribution in [1.82, 2.24) is 9.38 Å². The number of hydrogen-bond donors (Lipinski definition) is 2. The van der Waals surface area contributed by atoms with Gasteiger partial charge in [-0.25, -0.2) is 9.37 Å². The number of aromatic nitrogens is 2. The molecule has 2 aromatic carbocycles. The zero-order valence-electron chi connectivity index (χ0n) is 19.0. The second-order valence-corrected chi connectivity index (χ2v) is 8.07. The average Bonchev–Trinajstić information content (AvgIpc) is 3.12. The van der Waals surface area contributed by atoms with E-state index in [4.69, 9.17) is 15.5 Å². The van der Waals surface area contributed by atoms with Crippen LogP contribution in [-0.4, -0.2) is 21.9 Å². The van der Waals surface area contributed by atoms with Crippen molar-refractivity contribution in [3.05, 3.63) is 77.2 Å². The number of hydrogen-bond acceptors (Lipinski definition) is 4. The highest BCUT2D eigenvalue weighted by atomic mass is 19.1. The monoisotopic (exact) mass is 446 g/mol. The molecule has 3 N–H and O–H groups in total. The fourth-order valence-electron chi connectivity index (χ4n) is 4.03. The van der Waals surface area contributed by atoms with E-state index in [1.54, 1.807) is 16.5 Å². The second kappa shape index (κ2) is 9.32. The Bertz CT molecular complexity index is 1310. The molecule has 7 heteroatoms. The van der Waals surface area contributed by atoms with Crippen molar-refractivity contribution in [2.75, 3.05) is 11.9 Å². The van der Waals surface area contributed by atoms with E-state index in [-0.39, 0.29) is 12.4 Å². The molecule has 33 heavy (non-hydrogen) atoms. The molecule has 4 aromatic rings. The van der Waals surface area contributed by atoms with Crippen molar-refractivity contribution >= 4 is 23.1 Å². The van der Waals surface area contributed by atoms with Crippen molar-refractivity contribution in [3.8, 4) is 17.0 Å². The Labute approximate surface area is 192 Å². The van der Waals surface area contributed by atoms with Crippen molar-refractivity contribution in [2.45, 2.75) is 33.6 Å². The van der Waals surface area contributed by atoms with Gasteiger partial charge in [0, 0.05) is 17.4 Å². The maximum atomic E-state index is 14.3. The number of pyridine rings is 1. The molecule has 4 rings (SSSR count). The van der Waals surface area contributed by atoms with E-state index in [0.29, 0.717) is 22.9 Å². The summed E-state index contributed by atoms with van der Waals surface area (Å²) < 4.78 is 21.8. The lowest BCUT2D eigenvalue weighted by atomic mass is 9.99. The number of fused-ring (bicyclic) bond motifs is 1. The molecule has 0 radical (unpaired) electrons. The third-order valence-electron chi connectivity index (χ3n) is 5.55. The summed E-state index contributed by atoms with van der Waals surface area (Å²) in [5, 5.41) is 3.51. The number of anilines is 2. The molecule has 0 saturated carbocycles. The summed E-state index contributed by atoms with van der Waals surface area (Å²) >= 11 is 0. The SMILES string of the molecule is CCCc1cccc(OCC(N)=O)c1-c1nc2ccc(F)cn2c1Nc1c(C)cccc1C. The fourth-order valence-corrected chi connectivity index (χ4v) is 4.03. The number of para-hydroxylation sites is 1. The summed E-state index contributed by atoms with van der Waals surface area (Å²) in [6, 6.07) is 14.8. The molecule has 1 amide bonds. The molecule has 0 atom stereocenters. The van der Waals surface area contributed by atoms with Crippen molar-refractivity contribution < 1.29 is 13.9 Å². The molecule has 6 nitrogen and oxygen atoms in total.